The molecule has 8 heteroatoms. The van der Waals surface area contributed by atoms with Gasteiger partial charge in [-0.15, -0.1) is 0 Å². The standard InChI is InChI=1S/C23H23ClN2O4S/c1-2-30-23(27)20-19(16-9-3-4-10-17(16)24)22-18(11-5-6-13-31(22,28)29)26-21(20)15-8-7-12-25-14-15/h3-4,7-10,12,14,19,26H,2,5-6,11,13H2,1H3. The molecule has 0 radical (unpaired) electrons. The molecule has 0 aliphatic carbocycles. The lowest BCUT2D eigenvalue weighted by Gasteiger charge is -2.33. The smallest absolute Gasteiger partial charge is 0.337 e. The number of nitrogens with zero attached hydrogens (tertiary/aromatic N) is 1. The largest absolute Gasteiger partial charge is 0.463 e. The number of carbonyl (C=O) groups excluding carboxylic acids is 1. The van der Waals surface area contributed by atoms with Crippen molar-refractivity contribution in [2.45, 2.75) is 32.1 Å². The molecule has 1 aromatic carbocycles. The van der Waals surface area contributed by atoms with Gasteiger partial charge in [0.05, 0.1) is 34.5 Å². The van der Waals surface area contributed by atoms with E-state index in [2.05, 4.69) is 10.3 Å². The number of ether oxygens (including phenoxy) is 1. The third-order valence-corrected chi connectivity index (χ3v) is 7.80. The van der Waals surface area contributed by atoms with Gasteiger partial charge < -0.3 is 10.1 Å². The van der Waals surface area contributed by atoms with Crippen molar-refractivity contribution in [3.63, 3.8) is 0 Å². The van der Waals surface area contributed by atoms with Crippen molar-refractivity contribution in [3.8, 4) is 0 Å². The van der Waals surface area contributed by atoms with Crippen molar-refractivity contribution < 1.29 is 17.9 Å². The summed E-state index contributed by atoms with van der Waals surface area (Å²) in [4.78, 5) is 17.6. The number of esters is 1. The Balaban J connectivity index is 2.05. The van der Waals surface area contributed by atoms with Crippen molar-refractivity contribution in [3.05, 3.63) is 81.1 Å². The van der Waals surface area contributed by atoms with Gasteiger partial charge in [-0.05, 0) is 49.9 Å². The average molecular weight is 459 g/mol. The van der Waals surface area contributed by atoms with Crippen LogP contribution in [-0.4, -0.2) is 31.7 Å². The van der Waals surface area contributed by atoms with Crippen molar-refractivity contribution >= 4 is 33.1 Å². The predicted octanol–water partition coefficient (Wildman–Crippen LogP) is 4.21. The number of pyridine rings is 1. The van der Waals surface area contributed by atoms with Crippen LogP contribution in [0.4, 0.5) is 0 Å². The second-order valence-electron chi connectivity index (χ2n) is 7.45. The Labute approximate surface area is 186 Å². The number of allylic oxidation sites excluding steroid dienone is 2. The molecule has 3 heterocycles. The molecule has 2 aromatic rings. The fourth-order valence-electron chi connectivity index (χ4n) is 4.16. The van der Waals surface area contributed by atoms with Crippen LogP contribution in [0.3, 0.4) is 0 Å². The van der Waals surface area contributed by atoms with E-state index in [1.54, 1.807) is 49.6 Å². The van der Waals surface area contributed by atoms with Gasteiger partial charge in [-0.2, -0.15) is 0 Å². The lowest BCUT2D eigenvalue weighted by Crippen LogP contribution is -2.33. The zero-order valence-corrected chi connectivity index (χ0v) is 18.7. The van der Waals surface area contributed by atoms with Gasteiger partial charge in [0, 0.05) is 28.7 Å². The molecule has 0 fully saturated rings. The summed E-state index contributed by atoms with van der Waals surface area (Å²) in [7, 11) is -3.62. The summed E-state index contributed by atoms with van der Waals surface area (Å²) < 4.78 is 32.1. The van der Waals surface area contributed by atoms with Crippen LogP contribution in [0.2, 0.25) is 5.02 Å². The molecule has 1 N–H and O–H groups in total. The summed E-state index contributed by atoms with van der Waals surface area (Å²) in [6.45, 7) is 1.88. The van der Waals surface area contributed by atoms with Crippen LogP contribution in [0.1, 0.15) is 43.2 Å². The van der Waals surface area contributed by atoms with Crippen molar-refractivity contribution in [2.24, 2.45) is 0 Å². The Morgan fingerprint density at radius 1 is 1.23 bits per heavy atom. The number of dihydropyridines is 1. The molecule has 2 aliphatic heterocycles. The Kier molecular flexibility index (Phi) is 6.16. The van der Waals surface area contributed by atoms with E-state index in [0.717, 1.165) is 6.42 Å². The van der Waals surface area contributed by atoms with E-state index in [4.69, 9.17) is 16.3 Å². The molecule has 0 saturated heterocycles. The summed E-state index contributed by atoms with van der Waals surface area (Å²) in [5, 5.41) is 3.67. The maximum absolute atomic E-state index is 13.4. The normalized spacial score (nSPS) is 20.5. The van der Waals surface area contributed by atoms with Crippen molar-refractivity contribution in [1.29, 1.82) is 0 Å². The van der Waals surface area contributed by atoms with E-state index in [-0.39, 0.29) is 22.8 Å². The molecule has 1 unspecified atom stereocenters. The van der Waals surface area contributed by atoms with Crippen LogP contribution < -0.4 is 5.32 Å². The van der Waals surface area contributed by atoms with Crippen LogP contribution in [0.15, 0.2) is 65.0 Å². The van der Waals surface area contributed by atoms with Crippen LogP contribution in [0, 0.1) is 0 Å². The highest BCUT2D eigenvalue weighted by Gasteiger charge is 2.43. The van der Waals surface area contributed by atoms with E-state index in [0.29, 0.717) is 40.4 Å². The van der Waals surface area contributed by atoms with E-state index < -0.39 is 21.7 Å². The second kappa shape index (κ2) is 8.85. The Hall–Kier alpha value is -2.64. The van der Waals surface area contributed by atoms with Crippen molar-refractivity contribution in [1.82, 2.24) is 10.3 Å². The zero-order valence-electron chi connectivity index (χ0n) is 17.1. The van der Waals surface area contributed by atoms with E-state index >= 15 is 0 Å². The molecule has 2 aliphatic rings. The number of nitrogens with one attached hydrogen (secondary N) is 1. The molecular weight excluding hydrogens is 436 g/mol. The maximum Gasteiger partial charge on any atom is 0.337 e. The number of benzene rings is 1. The average Bonchev–Trinajstić information content (AvgIpc) is 2.91. The van der Waals surface area contributed by atoms with E-state index in [1.165, 1.54) is 0 Å². The lowest BCUT2D eigenvalue weighted by molar-refractivity contribution is -0.138. The predicted molar refractivity (Wildman–Crippen MR) is 120 cm³/mol. The molecule has 1 aromatic heterocycles. The first-order chi connectivity index (χ1) is 14.9. The first-order valence-electron chi connectivity index (χ1n) is 10.2. The number of hydrogen-bond donors (Lipinski definition) is 1. The minimum Gasteiger partial charge on any atom is -0.463 e. The number of hydrogen-bond acceptors (Lipinski definition) is 6. The summed E-state index contributed by atoms with van der Waals surface area (Å²) in [5.74, 6) is -1.40. The van der Waals surface area contributed by atoms with Gasteiger partial charge in [0.1, 0.15) is 0 Å². The molecule has 0 saturated carbocycles. The monoisotopic (exact) mass is 458 g/mol. The fraction of sp³-hybridized carbons (Fsp3) is 0.304. The van der Waals surface area contributed by atoms with Gasteiger partial charge in [0.2, 0.25) is 0 Å². The first kappa shape index (κ1) is 21.6. The molecular formula is C23H23ClN2O4S. The van der Waals surface area contributed by atoms with E-state index in [9.17, 15) is 13.2 Å². The highest BCUT2D eigenvalue weighted by Crippen LogP contribution is 2.47. The molecule has 0 bridgehead atoms. The molecule has 0 spiro atoms. The summed E-state index contributed by atoms with van der Waals surface area (Å²) in [5.41, 5.74) is 2.58. The number of rotatable bonds is 4. The molecule has 0 amide bonds. The van der Waals surface area contributed by atoms with Gasteiger partial charge >= 0.3 is 5.97 Å². The number of halogens is 1. The first-order valence-corrected chi connectivity index (χ1v) is 12.3. The number of sulfone groups is 1. The van der Waals surface area contributed by atoms with Crippen LogP contribution >= 0.6 is 11.6 Å². The van der Waals surface area contributed by atoms with Gasteiger partial charge in [-0.3, -0.25) is 4.98 Å². The summed E-state index contributed by atoms with van der Waals surface area (Å²) in [6.07, 6.45) is 5.14. The van der Waals surface area contributed by atoms with Crippen LogP contribution in [0.25, 0.3) is 5.70 Å². The van der Waals surface area contributed by atoms with Gasteiger partial charge in [0.25, 0.3) is 0 Å². The van der Waals surface area contributed by atoms with Gasteiger partial charge in [-0.25, -0.2) is 13.2 Å². The zero-order chi connectivity index (χ0) is 22.0. The quantitative estimate of drug-likeness (QED) is 0.691. The third kappa shape index (κ3) is 4.12. The molecule has 162 valence electrons. The molecule has 4 rings (SSSR count). The van der Waals surface area contributed by atoms with E-state index in [1.807, 2.05) is 6.07 Å². The molecule has 31 heavy (non-hydrogen) atoms. The number of aromatic nitrogens is 1. The highest BCUT2D eigenvalue weighted by atomic mass is 35.5. The lowest BCUT2D eigenvalue weighted by atomic mass is 9.84. The summed E-state index contributed by atoms with van der Waals surface area (Å²) >= 11 is 6.54. The maximum atomic E-state index is 13.4. The topological polar surface area (TPSA) is 85.4 Å². The minimum absolute atomic E-state index is 0.0345. The van der Waals surface area contributed by atoms with Gasteiger partial charge in [0.15, 0.2) is 9.84 Å². The van der Waals surface area contributed by atoms with Crippen LogP contribution in [0.5, 0.6) is 0 Å². The highest BCUT2D eigenvalue weighted by molar-refractivity contribution is 7.95. The second-order valence-corrected chi connectivity index (χ2v) is 9.93. The van der Waals surface area contributed by atoms with Crippen molar-refractivity contribution in [2.75, 3.05) is 12.4 Å². The third-order valence-electron chi connectivity index (χ3n) is 5.48. The molecule has 1 atom stereocenters. The van der Waals surface area contributed by atoms with Gasteiger partial charge in [-0.1, -0.05) is 29.8 Å². The summed E-state index contributed by atoms with van der Waals surface area (Å²) in [6, 6.07) is 10.6. The SMILES string of the molecule is CCOC(=O)C1=C(c2cccnc2)NC2=C(C1c1ccccc1Cl)S(=O)(=O)CCCC2. The molecule has 6 nitrogen and oxygen atoms in total. The van der Waals surface area contributed by atoms with Crippen LogP contribution in [-0.2, 0) is 19.4 Å². The Morgan fingerprint density at radius 3 is 2.74 bits per heavy atom. The minimum atomic E-state index is -3.62. The fourth-order valence-corrected chi connectivity index (χ4v) is 6.34. The Morgan fingerprint density at radius 2 is 2.03 bits per heavy atom. The Bertz CT molecular complexity index is 1170. The number of carbonyl (C=O) groups is 1.